The van der Waals surface area contributed by atoms with Gasteiger partial charge in [0.15, 0.2) is 11.5 Å². The first-order valence-corrected chi connectivity index (χ1v) is 8.24. The highest BCUT2D eigenvalue weighted by Gasteiger charge is 2.32. The van der Waals surface area contributed by atoms with E-state index in [0.717, 1.165) is 24.4 Å². The lowest BCUT2D eigenvalue weighted by Gasteiger charge is -2.20. The summed E-state index contributed by atoms with van der Waals surface area (Å²) in [6.07, 6.45) is 4.63. The summed E-state index contributed by atoms with van der Waals surface area (Å²) in [5, 5.41) is 4.09. The molecule has 2 aromatic rings. The minimum atomic E-state index is -0.0411. The van der Waals surface area contributed by atoms with Crippen LogP contribution in [0.3, 0.4) is 0 Å². The Balaban J connectivity index is 1.71. The van der Waals surface area contributed by atoms with Gasteiger partial charge in [-0.2, -0.15) is 0 Å². The molecule has 0 amide bonds. The van der Waals surface area contributed by atoms with Crippen LogP contribution in [0, 0.1) is 0 Å². The van der Waals surface area contributed by atoms with Crippen molar-refractivity contribution in [2.75, 3.05) is 20.8 Å². The van der Waals surface area contributed by atoms with Crippen molar-refractivity contribution < 1.29 is 14.2 Å². The lowest BCUT2D eigenvalue weighted by molar-refractivity contribution is 0.0893. The van der Waals surface area contributed by atoms with Crippen molar-refractivity contribution in [3.63, 3.8) is 0 Å². The molecule has 1 fully saturated rings. The van der Waals surface area contributed by atoms with Crippen LogP contribution in [0.2, 0.25) is 5.02 Å². The molecule has 1 aromatic carbocycles. The summed E-state index contributed by atoms with van der Waals surface area (Å²) in [5.74, 6) is 2.12. The number of aromatic nitrogens is 2. The van der Waals surface area contributed by atoms with Gasteiger partial charge in [0.2, 0.25) is 0 Å². The summed E-state index contributed by atoms with van der Waals surface area (Å²) >= 11 is 6.27. The molecule has 0 unspecified atom stereocenters. The molecule has 6 nitrogen and oxygen atoms in total. The van der Waals surface area contributed by atoms with E-state index < -0.39 is 0 Å². The smallest absolute Gasteiger partial charge is 0.179 e. The standard InChI is InChI=1S/C17H22ClN3O3/c1-21-6-5-19-17(21)16-13(4-7-24-16)20-10-11-8-12(18)15(23-3)14(9-11)22-2/h5-6,8-9,13,16,20H,4,7,10H2,1-3H3/t13-,16-/m0/s1. The van der Waals surface area contributed by atoms with Gasteiger partial charge in [-0.3, -0.25) is 0 Å². The van der Waals surface area contributed by atoms with E-state index in [2.05, 4.69) is 10.3 Å². The molecular formula is C17H22ClN3O3. The van der Waals surface area contributed by atoms with E-state index >= 15 is 0 Å². The third-order valence-electron chi connectivity index (χ3n) is 4.27. The topological polar surface area (TPSA) is 57.5 Å². The summed E-state index contributed by atoms with van der Waals surface area (Å²) in [7, 11) is 5.16. The van der Waals surface area contributed by atoms with Crippen molar-refractivity contribution in [2.24, 2.45) is 7.05 Å². The molecule has 0 radical (unpaired) electrons. The van der Waals surface area contributed by atoms with E-state index in [0.29, 0.717) is 23.1 Å². The fourth-order valence-corrected chi connectivity index (χ4v) is 3.34. The quantitative estimate of drug-likeness (QED) is 0.867. The van der Waals surface area contributed by atoms with Gasteiger partial charge in [0.25, 0.3) is 0 Å². The zero-order chi connectivity index (χ0) is 17.1. The van der Waals surface area contributed by atoms with Gasteiger partial charge in [0, 0.05) is 38.6 Å². The van der Waals surface area contributed by atoms with E-state index in [1.165, 1.54) is 0 Å². The van der Waals surface area contributed by atoms with Crippen LogP contribution >= 0.6 is 11.6 Å². The predicted octanol–water partition coefficient (Wildman–Crippen LogP) is 2.71. The van der Waals surface area contributed by atoms with Gasteiger partial charge >= 0.3 is 0 Å². The summed E-state index contributed by atoms with van der Waals surface area (Å²) in [4.78, 5) is 4.41. The average Bonchev–Trinajstić information content (AvgIpc) is 3.20. The second-order valence-electron chi connectivity index (χ2n) is 5.78. The lowest BCUT2D eigenvalue weighted by Crippen LogP contribution is -2.32. The summed E-state index contributed by atoms with van der Waals surface area (Å²) in [6, 6.07) is 4.03. The van der Waals surface area contributed by atoms with E-state index in [4.69, 9.17) is 25.8 Å². The second-order valence-corrected chi connectivity index (χ2v) is 6.18. The van der Waals surface area contributed by atoms with Crippen molar-refractivity contribution in [1.82, 2.24) is 14.9 Å². The first kappa shape index (κ1) is 17.1. The molecule has 1 saturated heterocycles. The Labute approximate surface area is 146 Å². The number of halogens is 1. The minimum Gasteiger partial charge on any atom is -0.493 e. The number of methoxy groups -OCH3 is 2. The molecule has 130 valence electrons. The molecule has 7 heteroatoms. The zero-order valence-electron chi connectivity index (χ0n) is 14.1. The second kappa shape index (κ2) is 7.42. The number of hydrogen-bond acceptors (Lipinski definition) is 5. The Morgan fingerprint density at radius 1 is 1.38 bits per heavy atom. The normalized spacial score (nSPS) is 20.3. The van der Waals surface area contributed by atoms with Crippen molar-refractivity contribution >= 4 is 11.6 Å². The van der Waals surface area contributed by atoms with Crippen molar-refractivity contribution in [3.05, 3.63) is 40.9 Å². The van der Waals surface area contributed by atoms with Crippen molar-refractivity contribution in [2.45, 2.75) is 25.1 Å². The van der Waals surface area contributed by atoms with Crippen molar-refractivity contribution in [3.8, 4) is 11.5 Å². The lowest BCUT2D eigenvalue weighted by atomic mass is 10.1. The molecule has 2 atom stereocenters. The predicted molar refractivity (Wildman–Crippen MR) is 91.7 cm³/mol. The third-order valence-corrected chi connectivity index (χ3v) is 4.55. The van der Waals surface area contributed by atoms with Gasteiger partial charge in [0.05, 0.1) is 19.2 Å². The molecule has 0 spiro atoms. The molecule has 0 aliphatic carbocycles. The number of nitrogens with one attached hydrogen (secondary N) is 1. The van der Waals surface area contributed by atoms with Crippen LogP contribution in [0.25, 0.3) is 0 Å². The van der Waals surface area contributed by atoms with Gasteiger partial charge in [-0.05, 0) is 24.1 Å². The molecule has 0 bridgehead atoms. The number of ether oxygens (including phenoxy) is 3. The monoisotopic (exact) mass is 351 g/mol. The maximum atomic E-state index is 6.27. The Kier molecular flexibility index (Phi) is 5.28. The molecule has 1 aliphatic heterocycles. The first-order valence-electron chi connectivity index (χ1n) is 7.86. The summed E-state index contributed by atoms with van der Waals surface area (Å²) in [5.41, 5.74) is 1.03. The zero-order valence-corrected chi connectivity index (χ0v) is 14.8. The Bertz CT molecular complexity index is 704. The molecule has 1 N–H and O–H groups in total. The molecular weight excluding hydrogens is 330 g/mol. The Hall–Kier alpha value is -1.76. The van der Waals surface area contributed by atoms with Crippen molar-refractivity contribution in [1.29, 1.82) is 0 Å². The Morgan fingerprint density at radius 3 is 2.88 bits per heavy atom. The first-order chi connectivity index (χ1) is 11.6. The minimum absolute atomic E-state index is 0.0411. The number of benzene rings is 1. The van der Waals surface area contributed by atoms with Crippen LogP contribution < -0.4 is 14.8 Å². The fraction of sp³-hybridized carbons (Fsp3) is 0.471. The highest BCUT2D eigenvalue weighted by Crippen LogP contribution is 2.36. The molecule has 1 aromatic heterocycles. The number of rotatable bonds is 6. The average molecular weight is 352 g/mol. The SMILES string of the molecule is COc1cc(CN[C@H]2CCO[C@@H]2c2nccn2C)cc(Cl)c1OC. The van der Waals surface area contributed by atoms with Gasteiger partial charge in [-0.25, -0.2) is 4.98 Å². The van der Waals surface area contributed by atoms with E-state index in [1.54, 1.807) is 20.4 Å². The van der Waals surface area contributed by atoms with Gasteiger partial charge < -0.3 is 24.1 Å². The van der Waals surface area contributed by atoms with E-state index in [-0.39, 0.29) is 12.1 Å². The van der Waals surface area contributed by atoms with Gasteiger partial charge in [-0.15, -0.1) is 0 Å². The number of aryl methyl sites for hydroxylation is 1. The summed E-state index contributed by atoms with van der Waals surface area (Å²) < 4.78 is 18.5. The van der Waals surface area contributed by atoms with Crippen LogP contribution in [-0.2, 0) is 18.3 Å². The highest BCUT2D eigenvalue weighted by molar-refractivity contribution is 6.32. The molecule has 24 heavy (non-hydrogen) atoms. The van der Waals surface area contributed by atoms with Crippen LogP contribution in [0.5, 0.6) is 11.5 Å². The van der Waals surface area contributed by atoms with Crippen LogP contribution in [0.15, 0.2) is 24.5 Å². The van der Waals surface area contributed by atoms with Gasteiger partial charge in [-0.1, -0.05) is 11.6 Å². The Morgan fingerprint density at radius 2 is 2.21 bits per heavy atom. The molecule has 0 saturated carbocycles. The van der Waals surface area contributed by atoms with E-state index in [9.17, 15) is 0 Å². The maximum Gasteiger partial charge on any atom is 0.179 e. The van der Waals surface area contributed by atoms with Crippen LogP contribution in [-0.4, -0.2) is 36.4 Å². The van der Waals surface area contributed by atoms with Crippen LogP contribution in [0.4, 0.5) is 0 Å². The molecule has 2 heterocycles. The van der Waals surface area contributed by atoms with Crippen LogP contribution in [0.1, 0.15) is 23.9 Å². The number of hydrogen-bond donors (Lipinski definition) is 1. The highest BCUT2D eigenvalue weighted by atomic mass is 35.5. The maximum absolute atomic E-state index is 6.27. The van der Waals surface area contributed by atoms with E-state index in [1.807, 2.05) is 29.9 Å². The molecule has 1 aliphatic rings. The third kappa shape index (κ3) is 3.36. The summed E-state index contributed by atoms with van der Waals surface area (Å²) in [6.45, 7) is 1.39. The van der Waals surface area contributed by atoms with Gasteiger partial charge in [0.1, 0.15) is 11.9 Å². The number of nitrogens with zero attached hydrogens (tertiary/aromatic N) is 2. The number of imidazole rings is 1. The largest absolute Gasteiger partial charge is 0.493 e. The fourth-order valence-electron chi connectivity index (χ4n) is 3.03. The molecule has 3 rings (SSSR count).